The average molecular weight is 249 g/mol. The van der Waals surface area contributed by atoms with Gasteiger partial charge in [-0.2, -0.15) is 0 Å². The molecule has 3 heteroatoms. The summed E-state index contributed by atoms with van der Waals surface area (Å²) in [6.07, 6.45) is 8.62. The summed E-state index contributed by atoms with van der Waals surface area (Å²) in [4.78, 5) is 7.29. The minimum atomic E-state index is 0.325. The van der Waals surface area contributed by atoms with Gasteiger partial charge in [-0.1, -0.05) is 33.1 Å². The van der Waals surface area contributed by atoms with Crippen LogP contribution in [0.4, 0.5) is 0 Å². The molecular weight excluding hydrogens is 222 g/mol. The number of hydrogen-bond acceptors (Lipinski definition) is 3. The monoisotopic (exact) mass is 249 g/mol. The molecule has 0 aromatic carbocycles. The van der Waals surface area contributed by atoms with Gasteiger partial charge in [0.05, 0.1) is 0 Å². The molecule has 2 fully saturated rings. The Kier molecular flexibility index (Phi) is 3.03. The second-order valence-electron chi connectivity index (χ2n) is 7.39. The summed E-state index contributed by atoms with van der Waals surface area (Å²) in [5, 5.41) is 3.55. The topological polar surface area (TPSA) is 27.6 Å². The highest BCUT2D eigenvalue weighted by molar-refractivity contribution is 5.81. The predicted molar refractivity (Wildman–Crippen MR) is 75.8 cm³/mol. The van der Waals surface area contributed by atoms with Crippen LogP contribution in [0.1, 0.15) is 52.4 Å². The molecule has 102 valence electrons. The van der Waals surface area contributed by atoms with Crippen LogP contribution >= 0.6 is 0 Å². The van der Waals surface area contributed by atoms with Crippen LogP contribution in [-0.2, 0) is 0 Å². The van der Waals surface area contributed by atoms with Crippen LogP contribution < -0.4 is 5.32 Å². The van der Waals surface area contributed by atoms with Gasteiger partial charge in [-0.15, -0.1) is 0 Å². The fraction of sp³-hybridized carbons (Fsp3) is 0.933. The average Bonchev–Trinajstić information content (AvgIpc) is 2.74. The van der Waals surface area contributed by atoms with Crippen LogP contribution in [0.25, 0.3) is 0 Å². The molecule has 0 bridgehead atoms. The molecule has 3 nitrogen and oxygen atoms in total. The lowest BCUT2D eigenvalue weighted by Gasteiger charge is -2.36. The summed E-state index contributed by atoms with van der Waals surface area (Å²) in [7, 11) is 0. The number of aliphatic imine (C=N–C) groups is 1. The van der Waals surface area contributed by atoms with E-state index in [-0.39, 0.29) is 0 Å². The number of hydrogen-bond donors (Lipinski definition) is 1. The van der Waals surface area contributed by atoms with Gasteiger partial charge >= 0.3 is 0 Å². The molecule has 3 aliphatic rings. The highest BCUT2D eigenvalue weighted by atomic mass is 15.3. The maximum Gasteiger partial charge on any atom is 0.193 e. The Bertz CT molecular complexity index is 340. The molecule has 1 aliphatic carbocycles. The van der Waals surface area contributed by atoms with Crippen molar-refractivity contribution in [2.45, 2.75) is 52.4 Å². The Morgan fingerprint density at radius 3 is 2.56 bits per heavy atom. The lowest BCUT2D eigenvalue weighted by atomic mass is 9.73. The number of likely N-dealkylation sites (tertiary alicyclic amines) is 1. The molecule has 0 radical (unpaired) electrons. The maximum absolute atomic E-state index is 4.77. The molecule has 1 saturated carbocycles. The first kappa shape index (κ1) is 12.3. The highest BCUT2D eigenvalue weighted by Gasteiger charge is 2.40. The predicted octanol–water partition coefficient (Wildman–Crippen LogP) is 2.63. The standard InChI is InChI=1S/C15H27N3/c1-14(2)10-16-13(17-11-14)18-9-8-15(12-18)6-4-3-5-7-15/h3-12H2,1-2H3,(H,16,17). The SMILES string of the molecule is CC1(C)CN=C(N2CCC3(CCCCC3)C2)NC1. The smallest absolute Gasteiger partial charge is 0.193 e. The minimum Gasteiger partial charge on any atom is -0.356 e. The third kappa shape index (κ3) is 2.36. The van der Waals surface area contributed by atoms with Crippen LogP contribution in [0.5, 0.6) is 0 Å². The molecule has 2 aliphatic heterocycles. The van der Waals surface area contributed by atoms with Crippen LogP contribution in [0, 0.1) is 10.8 Å². The fourth-order valence-corrected chi connectivity index (χ4v) is 3.76. The minimum absolute atomic E-state index is 0.325. The zero-order chi connectivity index (χ0) is 12.6. The van der Waals surface area contributed by atoms with E-state index in [0.717, 1.165) is 13.1 Å². The van der Waals surface area contributed by atoms with E-state index in [1.807, 2.05) is 0 Å². The van der Waals surface area contributed by atoms with Gasteiger partial charge in [-0.05, 0) is 24.7 Å². The Balaban J connectivity index is 1.64. The Labute approximate surface area is 111 Å². The molecule has 0 aromatic heterocycles. The van der Waals surface area contributed by atoms with E-state index in [2.05, 4.69) is 24.1 Å². The Morgan fingerprint density at radius 1 is 1.11 bits per heavy atom. The molecule has 1 spiro atoms. The summed E-state index contributed by atoms with van der Waals surface area (Å²) < 4.78 is 0. The number of nitrogens with one attached hydrogen (secondary N) is 1. The van der Waals surface area contributed by atoms with Crippen LogP contribution in [0.3, 0.4) is 0 Å². The summed E-state index contributed by atoms with van der Waals surface area (Å²) in [6.45, 7) is 9.07. The van der Waals surface area contributed by atoms with Crippen LogP contribution in [0.15, 0.2) is 4.99 Å². The van der Waals surface area contributed by atoms with Gasteiger partial charge in [0, 0.05) is 31.6 Å². The van der Waals surface area contributed by atoms with Crippen molar-refractivity contribution in [2.24, 2.45) is 15.8 Å². The molecule has 2 heterocycles. The van der Waals surface area contributed by atoms with Crippen molar-refractivity contribution in [2.75, 3.05) is 26.2 Å². The van der Waals surface area contributed by atoms with Gasteiger partial charge in [0.15, 0.2) is 5.96 Å². The van der Waals surface area contributed by atoms with Gasteiger partial charge in [0.1, 0.15) is 0 Å². The molecule has 3 rings (SSSR count). The van der Waals surface area contributed by atoms with Crippen LogP contribution in [-0.4, -0.2) is 37.0 Å². The zero-order valence-electron chi connectivity index (χ0n) is 12.0. The second-order valence-corrected chi connectivity index (χ2v) is 7.39. The Morgan fingerprint density at radius 2 is 1.89 bits per heavy atom. The van der Waals surface area contributed by atoms with E-state index in [9.17, 15) is 0 Å². The fourth-order valence-electron chi connectivity index (χ4n) is 3.76. The van der Waals surface area contributed by atoms with E-state index < -0.39 is 0 Å². The van der Waals surface area contributed by atoms with Gasteiger partial charge in [0.2, 0.25) is 0 Å². The van der Waals surface area contributed by atoms with Crippen molar-refractivity contribution in [1.82, 2.24) is 10.2 Å². The van der Waals surface area contributed by atoms with Crippen LogP contribution in [0.2, 0.25) is 0 Å². The number of nitrogens with zero attached hydrogens (tertiary/aromatic N) is 2. The first-order valence-corrected chi connectivity index (χ1v) is 7.62. The number of rotatable bonds is 0. The largest absolute Gasteiger partial charge is 0.356 e. The molecule has 0 amide bonds. The quantitative estimate of drug-likeness (QED) is 0.714. The van der Waals surface area contributed by atoms with E-state index in [4.69, 9.17) is 4.99 Å². The first-order chi connectivity index (χ1) is 8.59. The first-order valence-electron chi connectivity index (χ1n) is 7.62. The van der Waals surface area contributed by atoms with Gasteiger partial charge in [-0.3, -0.25) is 4.99 Å². The molecule has 1 N–H and O–H groups in total. The third-order valence-electron chi connectivity index (χ3n) is 5.03. The van der Waals surface area contributed by atoms with Crippen molar-refractivity contribution >= 4 is 5.96 Å². The molecule has 0 unspecified atom stereocenters. The van der Waals surface area contributed by atoms with E-state index in [1.54, 1.807) is 0 Å². The van der Waals surface area contributed by atoms with Gasteiger partial charge < -0.3 is 10.2 Å². The van der Waals surface area contributed by atoms with Crippen molar-refractivity contribution in [3.8, 4) is 0 Å². The van der Waals surface area contributed by atoms with Gasteiger partial charge in [0.25, 0.3) is 0 Å². The lowest BCUT2D eigenvalue weighted by Crippen LogP contribution is -2.49. The highest BCUT2D eigenvalue weighted by Crippen LogP contribution is 2.43. The maximum atomic E-state index is 4.77. The zero-order valence-corrected chi connectivity index (χ0v) is 12.0. The molecular formula is C15H27N3. The summed E-state index contributed by atoms with van der Waals surface area (Å²) >= 11 is 0. The van der Waals surface area contributed by atoms with E-state index in [1.165, 1.54) is 57.6 Å². The summed E-state index contributed by atoms with van der Waals surface area (Å²) in [5.74, 6) is 1.18. The Hall–Kier alpha value is -0.730. The lowest BCUT2D eigenvalue weighted by molar-refractivity contribution is 0.202. The van der Waals surface area contributed by atoms with Gasteiger partial charge in [-0.25, -0.2) is 0 Å². The van der Waals surface area contributed by atoms with E-state index >= 15 is 0 Å². The van der Waals surface area contributed by atoms with Crippen molar-refractivity contribution in [3.63, 3.8) is 0 Å². The molecule has 0 aromatic rings. The molecule has 1 saturated heterocycles. The molecule has 18 heavy (non-hydrogen) atoms. The second kappa shape index (κ2) is 4.43. The van der Waals surface area contributed by atoms with Crippen molar-refractivity contribution in [3.05, 3.63) is 0 Å². The van der Waals surface area contributed by atoms with Crippen molar-refractivity contribution < 1.29 is 0 Å². The normalized spacial score (nSPS) is 30.1. The summed E-state index contributed by atoms with van der Waals surface area (Å²) in [6, 6.07) is 0. The number of guanidine groups is 1. The van der Waals surface area contributed by atoms with Crippen molar-refractivity contribution in [1.29, 1.82) is 0 Å². The third-order valence-corrected chi connectivity index (χ3v) is 5.03. The van der Waals surface area contributed by atoms with E-state index in [0.29, 0.717) is 10.8 Å². The molecule has 0 atom stereocenters. The summed E-state index contributed by atoms with van der Waals surface area (Å²) in [5.41, 5.74) is 0.959.